The highest BCUT2D eigenvalue weighted by Crippen LogP contribution is 2.18. The summed E-state index contributed by atoms with van der Waals surface area (Å²) in [4.78, 5) is 26.6. The normalized spacial score (nSPS) is 18.8. The fourth-order valence-corrected chi connectivity index (χ4v) is 3.88. The standard InChI is InChI=1S/C19H29N3O3/c23-18(20-15-6-1-2-7-15)13-22(12-17-10-5-11-25-17)14-19(24)21-16-8-3-4-9-16/h5,10-11,15-16H,1-4,6-9,12-14H2,(H,20,23)(H,21,24). The number of amides is 2. The maximum absolute atomic E-state index is 12.3. The Balaban J connectivity index is 1.52. The molecule has 6 heteroatoms. The molecule has 0 spiro atoms. The third kappa shape index (κ3) is 5.88. The second-order valence-electron chi connectivity index (χ2n) is 7.32. The third-order valence-electron chi connectivity index (χ3n) is 5.13. The van der Waals surface area contributed by atoms with Gasteiger partial charge >= 0.3 is 0 Å². The Hall–Kier alpha value is -1.82. The average Bonchev–Trinajstić information content (AvgIpc) is 3.29. The molecule has 6 nitrogen and oxygen atoms in total. The summed E-state index contributed by atoms with van der Waals surface area (Å²) in [6.07, 6.45) is 10.6. The third-order valence-corrected chi connectivity index (χ3v) is 5.13. The van der Waals surface area contributed by atoms with Gasteiger partial charge in [-0.2, -0.15) is 0 Å². The zero-order valence-corrected chi connectivity index (χ0v) is 14.8. The van der Waals surface area contributed by atoms with Crippen molar-refractivity contribution in [2.75, 3.05) is 13.1 Å². The largest absolute Gasteiger partial charge is 0.468 e. The van der Waals surface area contributed by atoms with Crippen LogP contribution in [0.1, 0.15) is 57.1 Å². The van der Waals surface area contributed by atoms with Crippen molar-refractivity contribution in [2.24, 2.45) is 0 Å². The number of nitrogens with one attached hydrogen (secondary N) is 2. The highest BCUT2D eigenvalue weighted by Gasteiger charge is 2.22. The van der Waals surface area contributed by atoms with Crippen LogP contribution in [0.3, 0.4) is 0 Å². The first-order valence-corrected chi connectivity index (χ1v) is 9.52. The molecule has 0 unspecified atom stereocenters. The summed E-state index contributed by atoms with van der Waals surface area (Å²) in [5.41, 5.74) is 0. The van der Waals surface area contributed by atoms with Gasteiger partial charge in [-0.05, 0) is 37.8 Å². The topological polar surface area (TPSA) is 74.6 Å². The van der Waals surface area contributed by atoms with Gasteiger partial charge in [-0.3, -0.25) is 14.5 Å². The summed E-state index contributed by atoms with van der Waals surface area (Å²) < 4.78 is 5.39. The fraction of sp³-hybridized carbons (Fsp3) is 0.684. The zero-order chi connectivity index (χ0) is 17.5. The van der Waals surface area contributed by atoms with E-state index in [1.165, 1.54) is 25.7 Å². The molecular formula is C19H29N3O3. The summed E-state index contributed by atoms with van der Waals surface area (Å²) in [6, 6.07) is 4.29. The molecule has 0 aromatic carbocycles. The van der Waals surface area contributed by atoms with E-state index in [2.05, 4.69) is 10.6 Å². The Morgan fingerprint density at radius 1 is 0.960 bits per heavy atom. The molecule has 2 amide bonds. The van der Waals surface area contributed by atoms with Crippen LogP contribution < -0.4 is 10.6 Å². The fourth-order valence-electron chi connectivity index (χ4n) is 3.88. The van der Waals surface area contributed by atoms with E-state index < -0.39 is 0 Å². The lowest BCUT2D eigenvalue weighted by Gasteiger charge is -2.22. The minimum Gasteiger partial charge on any atom is -0.468 e. The Morgan fingerprint density at radius 3 is 1.92 bits per heavy atom. The molecule has 1 aromatic heterocycles. The van der Waals surface area contributed by atoms with Crippen LogP contribution in [0.25, 0.3) is 0 Å². The average molecular weight is 347 g/mol. The van der Waals surface area contributed by atoms with Crippen molar-refractivity contribution in [1.82, 2.24) is 15.5 Å². The molecule has 25 heavy (non-hydrogen) atoms. The van der Waals surface area contributed by atoms with E-state index in [1.54, 1.807) is 6.26 Å². The van der Waals surface area contributed by atoms with Crippen LogP contribution in [-0.4, -0.2) is 41.9 Å². The molecule has 2 fully saturated rings. The predicted octanol–water partition coefficient (Wildman–Crippen LogP) is 2.20. The minimum atomic E-state index is -0.00729. The Labute approximate surface area is 149 Å². The number of furan rings is 1. The van der Waals surface area contributed by atoms with E-state index in [0.29, 0.717) is 18.6 Å². The number of nitrogens with zero attached hydrogens (tertiary/aromatic N) is 1. The number of hydrogen-bond acceptors (Lipinski definition) is 4. The van der Waals surface area contributed by atoms with Crippen LogP contribution in [0.15, 0.2) is 22.8 Å². The molecular weight excluding hydrogens is 318 g/mol. The summed E-state index contributed by atoms with van der Waals surface area (Å²) in [6.45, 7) is 0.897. The first-order chi connectivity index (χ1) is 12.2. The lowest BCUT2D eigenvalue weighted by molar-refractivity contribution is -0.126. The molecule has 0 aliphatic heterocycles. The van der Waals surface area contributed by atoms with E-state index in [-0.39, 0.29) is 24.9 Å². The monoisotopic (exact) mass is 347 g/mol. The van der Waals surface area contributed by atoms with E-state index in [1.807, 2.05) is 17.0 Å². The first kappa shape index (κ1) is 18.0. The van der Waals surface area contributed by atoms with Crippen molar-refractivity contribution in [3.8, 4) is 0 Å². The molecule has 138 valence electrons. The molecule has 3 rings (SSSR count). The van der Waals surface area contributed by atoms with Crippen molar-refractivity contribution in [3.63, 3.8) is 0 Å². The van der Waals surface area contributed by atoms with E-state index in [4.69, 9.17) is 4.42 Å². The van der Waals surface area contributed by atoms with Crippen LogP contribution in [0.2, 0.25) is 0 Å². The van der Waals surface area contributed by atoms with Crippen LogP contribution in [0.5, 0.6) is 0 Å². The first-order valence-electron chi connectivity index (χ1n) is 9.52. The summed E-state index contributed by atoms with van der Waals surface area (Å²) >= 11 is 0. The van der Waals surface area contributed by atoms with Crippen molar-refractivity contribution in [1.29, 1.82) is 0 Å². The molecule has 0 radical (unpaired) electrons. The smallest absolute Gasteiger partial charge is 0.234 e. The number of carbonyl (C=O) groups excluding carboxylic acids is 2. The molecule has 2 saturated carbocycles. The van der Waals surface area contributed by atoms with Gasteiger partial charge in [0, 0.05) is 12.1 Å². The van der Waals surface area contributed by atoms with Gasteiger partial charge in [0.1, 0.15) is 5.76 Å². The zero-order valence-electron chi connectivity index (χ0n) is 14.8. The highest BCUT2D eigenvalue weighted by atomic mass is 16.3. The van der Waals surface area contributed by atoms with Crippen LogP contribution in [0, 0.1) is 0 Å². The second kappa shape index (κ2) is 9.04. The van der Waals surface area contributed by atoms with E-state index in [0.717, 1.165) is 31.4 Å². The van der Waals surface area contributed by atoms with Crippen LogP contribution in [0.4, 0.5) is 0 Å². The lowest BCUT2D eigenvalue weighted by atomic mass is 10.2. The van der Waals surface area contributed by atoms with Crippen molar-refractivity contribution in [3.05, 3.63) is 24.2 Å². The van der Waals surface area contributed by atoms with Crippen LogP contribution >= 0.6 is 0 Å². The second-order valence-corrected chi connectivity index (χ2v) is 7.32. The quantitative estimate of drug-likeness (QED) is 0.756. The van der Waals surface area contributed by atoms with Gasteiger partial charge in [0.05, 0.1) is 25.9 Å². The summed E-state index contributed by atoms with van der Waals surface area (Å²) in [5.74, 6) is 0.751. The van der Waals surface area contributed by atoms with Crippen molar-refractivity contribution >= 4 is 11.8 Å². The maximum atomic E-state index is 12.3. The van der Waals surface area contributed by atoms with E-state index >= 15 is 0 Å². The Bertz CT molecular complexity index is 514. The molecule has 0 saturated heterocycles. The number of rotatable bonds is 8. The molecule has 1 heterocycles. The van der Waals surface area contributed by atoms with Crippen molar-refractivity contribution in [2.45, 2.75) is 70.0 Å². The highest BCUT2D eigenvalue weighted by molar-refractivity contribution is 5.81. The van der Waals surface area contributed by atoms with Gasteiger partial charge in [0.2, 0.25) is 11.8 Å². The van der Waals surface area contributed by atoms with Crippen molar-refractivity contribution < 1.29 is 14.0 Å². The number of hydrogen-bond donors (Lipinski definition) is 2. The van der Waals surface area contributed by atoms with Crippen LogP contribution in [-0.2, 0) is 16.1 Å². The molecule has 1 aromatic rings. The van der Waals surface area contributed by atoms with Gasteiger partial charge in [0.25, 0.3) is 0 Å². The van der Waals surface area contributed by atoms with Gasteiger partial charge in [-0.1, -0.05) is 25.7 Å². The predicted molar refractivity (Wildman–Crippen MR) is 94.8 cm³/mol. The Kier molecular flexibility index (Phi) is 6.50. The molecule has 2 aliphatic carbocycles. The summed E-state index contributed by atoms with van der Waals surface area (Å²) in [7, 11) is 0. The molecule has 2 aliphatic rings. The minimum absolute atomic E-state index is 0.00729. The van der Waals surface area contributed by atoms with Gasteiger partial charge in [-0.15, -0.1) is 0 Å². The summed E-state index contributed by atoms with van der Waals surface area (Å²) in [5, 5.41) is 6.18. The van der Waals surface area contributed by atoms with Gasteiger partial charge < -0.3 is 15.1 Å². The SMILES string of the molecule is O=C(CN(CC(=O)NC1CCCC1)Cc1ccco1)NC1CCCC1. The lowest BCUT2D eigenvalue weighted by Crippen LogP contribution is -2.45. The van der Waals surface area contributed by atoms with Gasteiger partial charge in [0.15, 0.2) is 0 Å². The number of carbonyl (C=O) groups is 2. The van der Waals surface area contributed by atoms with E-state index in [9.17, 15) is 9.59 Å². The molecule has 0 bridgehead atoms. The Morgan fingerprint density at radius 2 is 1.48 bits per heavy atom. The van der Waals surface area contributed by atoms with Gasteiger partial charge in [-0.25, -0.2) is 0 Å². The molecule has 2 N–H and O–H groups in total. The molecule has 0 atom stereocenters. The maximum Gasteiger partial charge on any atom is 0.234 e.